The Labute approximate surface area is 108 Å². The van der Waals surface area contributed by atoms with Gasteiger partial charge in [0.05, 0.1) is 25.1 Å². The summed E-state index contributed by atoms with van der Waals surface area (Å²) in [5.41, 5.74) is 0.926. The quantitative estimate of drug-likeness (QED) is 0.684. The number of hydrogen-bond acceptors (Lipinski definition) is 6. The van der Waals surface area contributed by atoms with E-state index in [-0.39, 0.29) is 0 Å². The summed E-state index contributed by atoms with van der Waals surface area (Å²) in [6.07, 6.45) is 3.54. The van der Waals surface area contributed by atoms with E-state index in [0.29, 0.717) is 19.8 Å². The van der Waals surface area contributed by atoms with Gasteiger partial charge in [-0.25, -0.2) is 4.98 Å². The second-order valence-corrected chi connectivity index (χ2v) is 3.87. The van der Waals surface area contributed by atoms with E-state index < -0.39 is 0 Å². The van der Waals surface area contributed by atoms with Crippen molar-refractivity contribution in [1.29, 1.82) is 0 Å². The average molecular weight is 254 g/mol. The molecule has 1 aromatic rings. The van der Waals surface area contributed by atoms with Crippen LogP contribution in [0.2, 0.25) is 0 Å². The van der Waals surface area contributed by atoms with Gasteiger partial charge in [-0.3, -0.25) is 4.98 Å². The molecule has 0 radical (unpaired) electrons. The van der Waals surface area contributed by atoms with Crippen LogP contribution >= 0.6 is 0 Å². The molecule has 0 unspecified atom stereocenters. The van der Waals surface area contributed by atoms with Crippen LogP contribution in [0.1, 0.15) is 5.69 Å². The third-order valence-electron chi connectivity index (χ3n) is 2.48. The van der Waals surface area contributed by atoms with Crippen LogP contribution < -0.4 is 10.2 Å². The SMILES string of the molecule is CNCc1cncc(N(CCOC)CCOC)n1. The predicted molar refractivity (Wildman–Crippen MR) is 70.8 cm³/mol. The summed E-state index contributed by atoms with van der Waals surface area (Å²) in [5.74, 6) is 0.858. The van der Waals surface area contributed by atoms with Crippen LogP contribution in [-0.2, 0) is 16.0 Å². The van der Waals surface area contributed by atoms with Crippen molar-refractivity contribution in [3.63, 3.8) is 0 Å². The Hall–Kier alpha value is -1.24. The topological polar surface area (TPSA) is 59.5 Å². The third-order valence-corrected chi connectivity index (χ3v) is 2.48. The van der Waals surface area contributed by atoms with Crippen LogP contribution in [-0.4, -0.2) is 57.5 Å². The van der Waals surface area contributed by atoms with Gasteiger partial charge in [0.2, 0.25) is 0 Å². The lowest BCUT2D eigenvalue weighted by atomic mass is 10.4. The summed E-state index contributed by atoms with van der Waals surface area (Å²) in [7, 11) is 5.27. The Morgan fingerprint density at radius 3 is 2.39 bits per heavy atom. The highest BCUT2D eigenvalue weighted by Gasteiger charge is 2.08. The van der Waals surface area contributed by atoms with Crippen molar-refractivity contribution in [3.8, 4) is 0 Å². The predicted octanol–water partition coefficient (Wildman–Crippen LogP) is 0.295. The number of rotatable bonds is 9. The van der Waals surface area contributed by atoms with Crippen molar-refractivity contribution in [2.75, 3.05) is 52.5 Å². The second kappa shape index (κ2) is 8.79. The van der Waals surface area contributed by atoms with E-state index in [2.05, 4.69) is 20.2 Å². The number of aromatic nitrogens is 2. The van der Waals surface area contributed by atoms with Gasteiger partial charge >= 0.3 is 0 Å². The first-order chi connectivity index (χ1) is 8.81. The van der Waals surface area contributed by atoms with Crippen molar-refractivity contribution < 1.29 is 9.47 Å². The zero-order chi connectivity index (χ0) is 13.2. The van der Waals surface area contributed by atoms with Gasteiger partial charge in [-0.1, -0.05) is 0 Å². The lowest BCUT2D eigenvalue weighted by Gasteiger charge is -2.23. The summed E-state index contributed by atoms with van der Waals surface area (Å²) >= 11 is 0. The van der Waals surface area contributed by atoms with Gasteiger partial charge in [0.1, 0.15) is 5.82 Å². The second-order valence-electron chi connectivity index (χ2n) is 3.87. The molecule has 0 saturated carbocycles. The molecule has 0 aliphatic rings. The van der Waals surface area contributed by atoms with Gasteiger partial charge in [-0.15, -0.1) is 0 Å². The van der Waals surface area contributed by atoms with Gasteiger partial charge in [0, 0.05) is 40.1 Å². The number of ether oxygens (including phenoxy) is 2. The minimum Gasteiger partial charge on any atom is -0.383 e. The fourth-order valence-electron chi connectivity index (χ4n) is 1.56. The van der Waals surface area contributed by atoms with Crippen LogP contribution in [0.3, 0.4) is 0 Å². The Morgan fingerprint density at radius 2 is 1.83 bits per heavy atom. The molecule has 6 nitrogen and oxygen atoms in total. The van der Waals surface area contributed by atoms with Crippen molar-refractivity contribution >= 4 is 5.82 Å². The Morgan fingerprint density at radius 1 is 1.17 bits per heavy atom. The lowest BCUT2D eigenvalue weighted by Crippen LogP contribution is -2.31. The maximum absolute atomic E-state index is 5.11. The molecule has 6 heteroatoms. The van der Waals surface area contributed by atoms with Crippen LogP contribution in [0.4, 0.5) is 5.82 Å². The van der Waals surface area contributed by atoms with E-state index >= 15 is 0 Å². The monoisotopic (exact) mass is 254 g/mol. The molecule has 1 heterocycles. The molecule has 1 N–H and O–H groups in total. The number of nitrogens with zero attached hydrogens (tertiary/aromatic N) is 3. The molecule has 1 rings (SSSR count). The maximum atomic E-state index is 5.11. The van der Waals surface area contributed by atoms with Gasteiger partial charge in [0.25, 0.3) is 0 Å². The van der Waals surface area contributed by atoms with Gasteiger partial charge in [-0.2, -0.15) is 0 Å². The van der Waals surface area contributed by atoms with E-state index in [4.69, 9.17) is 9.47 Å². The highest BCUT2D eigenvalue weighted by Crippen LogP contribution is 2.09. The molecule has 0 saturated heterocycles. The van der Waals surface area contributed by atoms with E-state index in [1.54, 1.807) is 26.6 Å². The summed E-state index contributed by atoms with van der Waals surface area (Å²) in [6, 6.07) is 0. The molecule has 0 aliphatic carbocycles. The van der Waals surface area contributed by atoms with Gasteiger partial charge in [-0.05, 0) is 7.05 Å². The molecule has 0 amide bonds. The molecule has 18 heavy (non-hydrogen) atoms. The number of methoxy groups -OCH3 is 2. The maximum Gasteiger partial charge on any atom is 0.147 e. The molecule has 0 atom stereocenters. The molecule has 0 aliphatic heterocycles. The largest absolute Gasteiger partial charge is 0.383 e. The molecular weight excluding hydrogens is 232 g/mol. The summed E-state index contributed by atoms with van der Waals surface area (Å²) < 4.78 is 10.2. The minimum absolute atomic E-state index is 0.654. The van der Waals surface area contributed by atoms with E-state index in [9.17, 15) is 0 Å². The minimum atomic E-state index is 0.654. The Balaban J connectivity index is 2.72. The fourth-order valence-corrected chi connectivity index (χ4v) is 1.56. The van der Waals surface area contributed by atoms with Gasteiger partial charge < -0.3 is 19.7 Å². The smallest absolute Gasteiger partial charge is 0.147 e. The first-order valence-electron chi connectivity index (χ1n) is 6.00. The Bertz CT molecular complexity index is 328. The van der Waals surface area contributed by atoms with E-state index in [1.165, 1.54) is 0 Å². The van der Waals surface area contributed by atoms with Crippen LogP contribution in [0.25, 0.3) is 0 Å². The highest BCUT2D eigenvalue weighted by molar-refractivity contribution is 5.36. The fraction of sp³-hybridized carbons (Fsp3) is 0.667. The van der Waals surface area contributed by atoms with Crippen LogP contribution in [0.15, 0.2) is 12.4 Å². The average Bonchev–Trinajstić information content (AvgIpc) is 2.40. The summed E-state index contributed by atoms with van der Waals surface area (Å²) in [6.45, 7) is 3.57. The van der Waals surface area contributed by atoms with Gasteiger partial charge in [0.15, 0.2) is 0 Å². The summed E-state index contributed by atoms with van der Waals surface area (Å²) in [4.78, 5) is 10.9. The molecule has 0 spiro atoms. The van der Waals surface area contributed by atoms with E-state index in [1.807, 2.05) is 7.05 Å². The molecule has 102 valence electrons. The third kappa shape index (κ3) is 4.95. The van der Waals surface area contributed by atoms with E-state index in [0.717, 1.165) is 24.6 Å². The first-order valence-corrected chi connectivity index (χ1v) is 6.00. The van der Waals surface area contributed by atoms with Crippen molar-refractivity contribution in [2.45, 2.75) is 6.54 Å². The number of hydrogen-bond donors (Lipinski definition) is 1. The number of anilines is 1. The zero-order valence-electron chi connectivity index (χ0n) is 11.3. The standard InChI is InChI=1S/C12H22N4O2/c1-13-8-11-9-14-10-12(15-11)16(4-6-17-2)5-7-18-3/h9-10,13H,4-8H2,1-3H3. The first kappa shape index (κ1) is 14.8. The Kier molecular flexibility index (Phi) is 7.24. The van der Waals surface area contributed by atoms with Crippen LogP contribution in [0, 0.1) is 0 Å². The number of nitrogens with one attached hydrogen (secondary N) is 1. The highest BCUT2D eigenvalue weighted by atomic mass is 16.5. The summed E-state index contributed by atoms with van der Waals surface area (Å²) in [5, 5.41) is 3.07. The lowest BCUT2D eigenvalue weighted by molar-refractivity contribution is 0.190. The molecular formula is C12H22N4O2. The zero-order valence-corrected chi connectivity index (χ0v) is 11.3. The normalized spacial score (nSPS) is 10.6. The van der Waals surface area contributed by atoms with Crippen molar-refractivity contribution in [2.24, 2.45) is 0 Å². The molecule has 0 bridgehead atoms. The van der Waals surface area contributed by atoms with Crippen molar-refractivity contribution in [3.05, 3.63) is 18.1 Å². The molecule has 0 fully saturated rings. The van der Waals surface area contributed by atoms with Crippen LogP contribution in [0.5, 0.6) is 0 Å². The molecule has 0 aromatic carbocycles. The van der Waals surface area contributed by atoms with Crippen molar-refractivity contribution in [1.82, 2.24) is 15.3 Å². The molecule has 1 aromatic heterocycles.